The molecule has 104 valence electrons. The van der Waals surface area contributed by atoms with Crippen LogP contribution in [0.15, 0.2) is 30.3 Å². The van der Waals surface area contributed by atoms with Crippen molar-refractivity contribution in [2.45, 2.75) is 0 Å². The molecule has 21 heavy (non-hydrogen) atoms. The summed E-state index contributed by atoms with van der Waals surface area (Å²) in [5.74, 6) is 4.98. The number of amides is 1. The second kappa shape index (κ2) is 6.92. The van der Waals surface area contributed by atoms with E-state index in [9.17, 15) is 4.79 Å². The number of carbonyl (C=O) groups is 1. The standard InChI is InChI=1S/C15H9ClN2O2S/c16-13-8-11(4-3-10(13)9-17)18-15(20)14-6-5-12(21-14)2-1-7-19/h3-6,8,19H,7H2,(H,18,20). The summed E-state index contributed by atoms with van der Waals surface area (Å²) in [6.07, 6.45) is 0. The van der Waals surface area contributed by atoms with Gasteiger partial charge in [-0.2, -0.15) is 5.26 Å². The van der Waals surface area contributed by atoms with E-state index in [1.165, 1.54) is 17.4 Å². The molecule has 2 N–H and O–H groups in total. The van der Waals surface area contributed by atoms with Crippen LogP contribution < -0.4 is 5.32 Å². The second-order valence-corrected chi connectivity index (χ2v) is 5.38. The molecule has 2 rings (SSSR count). The Hall–Kier alpha value is -2.31. The van der Waals surface area contributed by atoms with Crippen LogP contribution in [0, 0.1) is 23.2 Å². The minimum absolute atomic E-state index is 0.219. The molecule has 0 aliphatic heterocycles. The first-order valence-electron chi connectivity index (χ1n) is 5.84. The number of nitrogens with one attached hydrogen (secondary N) is 1. The maximum absolute atomic E-state index is 12.1. The normalized spacial score (nSPS) is 9.38. The van der Waals surface area contributed by atoms with E-state index in [1.54, 1.807) is 24.3 Å². The summed E-state index contributed by atoms with van der Waals surface area (Å²) in [4.78, 5) is 13.3. The van der Waals surface area contributed by atoms with Crippen LogP contribution in [-0.4, -0.2) is 17.6 Å². The molecule has 4 nitrogen and oxygen atoms in total. The maximum Gasteiger partial charge on any atom is 0.265 e. The average Bonchev–Trinajstić information content (AvgIpc) is 2.94. The Morgan fingerprint density at radius 2 is 2.19 bits per heavy atom. The van der Waals surface area contributed by atoms with Gasteiger partial charge in [-0.25, -0.2) is 0 Å². The molecule has 0 atom stereocenters. The first-order valence-corrected chi connectivity index (χ1v) is 7.04. The Kier molecular flexibility index (Phi) is 4.97. The van der Waals surface area contributed by atoms with Crippen molar-refractivity contribution in [2.24, 2.45) is 0 Å². The van der Waals surface area contributed by atoms with Gasteiger partial charge in [-0.15, -0.1) is 11.3 Å². The molecule has 1 amide bonds. The summed E-state index contributed by atoms with van der Waals surface area (Å²) in [5.41, 5.74) is 0.868. The predicted octanol–water partition coefficient (Wildman–Crippen LogP) is 2.87. The van der Waals surface area contributed by atoms with Crippen molar-refractivity contribution in [3.05, 3.63) is 50.7 Å². The third kappa shape index (κ3) is 3.84. The minimum Gasteiger partial charge on any atom is -0.384 e. The topological polar surface area (TPSA) is 73.1 Å². The summed E-state index contributed by atoms with van der Waals surface area (Å²) in [7, 11) is 0. The third-order valence-electron chi connectivity index (χ3n) is 2.47. The fourth-order valence-electron chi connectivity index (χ4n) is 1.53. The molecule has 1 aromatic heterocycles. The van der Waals surface area contributed by atoms with Crippen LogP contribution in [0.5, 0.6) is 0 Å². The lowest BCUT2D eigenvalue weighted by atomic mass is 10.2. The van der Waals surface area contributed by atoms with Gasteiger partial charge in [0.15, 0.2) is 0 Å². The Morgan fingerprint density at radius 1 is 1.38 bits per heavy atom. The number of hydrogen-bond donors (Lipinski definition) is 2. The first kappa shape index (κ1) is 15.1. The van der Waals surface area contributed by atoms with Gasteiger partial charge in [0.1, 0.15) is 12.7 Å². The maximum atomic E-state index is 12.1. The van der Waals surface area contributed by atoms with Crippen molar-refractivity contribution in [2.75, 3.05) is 11.9 Å². The average molecular weight is 317 g/mol. The van der Waals surface area contributed by atoms with E-state index >= 15 is 0 Å². The molecule has 0 spiro atoms. The fraction of sp³-hybridized carbons (Fsp3) is 0.0667. The van der Waals surface area contributed by atoms with Crippen LogP contribution in [0.1, 0.15) is 20.1 Å². The van der Waals surface area contributed by atoms with Gasteiger partial charge in [0.25, 0.3) is 5.91 Å². The molecule has 0 saturated heterocycles. The highest BCUT2D eigenvalue weighted by atomic mass is 35.5. The van der Waals surface area contributed by atoms with Crippen LogP contribution >= 0.6 is 22.9 Å². The van der Waals surface area contributed by atoms with Gasteiger partial charge in [0.2, 0.25) is 0 Å². The van der Waals surface area contributed by atoms with Gasteiger partial charge in [-0.3, -0.25) is 4.79 Å². The Morgan fingerprint density at radius 3 is 2.86 bits per heavy atom. The predicted molar refractivity (Wildman–Crippen MR) is 82.4 cm³/mol. The van der Waals surface area contributed by atoms with E-state index in [0.717, 1.165) is 0 Å². The van der Waals surface area contributed by atoms with Crippen molar-refractivity contribution in [1.29, 1.82) is 5.26 Å². The third-order valence-corrected chi connectivity index (χ3v) is 3.78. The zero-order chi connectivity index (χ0) is 15.2. The van der Waals surface area contributed by atoms with Crippen LogP contribution in [0.2, 0.25) is 5.02 Å². The number of carbonyl (C=O) groups excluding carboxylic acids is 1. The number of halogens is 1. The second-order valence-electron chi connectivity index (χ2n) is 3.88. The van der Waals surface area contributed by atoms with Crippen LogP contribution in [0.3, 0.4) is 0 Å². The molecule has 0 saturated carbocycles. The lowest BCUT2D eigenvalue weighted by Gasteiger charge is -2.04. The highest BCUT2D eigenvalue weighted by molar-refractivity contribution is 7.14. The molecule has 2 aromatic rings. The molecule has 0 bridgehead atoms. The number of nitriles is 1. The number of benzene rings is 1. The minimum atomic E-state index is -0.280. The van der Waals surface area contributed by atoms with E-state index in [1.807, 2.05) is 6.07 Å². The molecule has 0 aliphatic rings. The van der Waals surface area contributed by atoms with Gasteiger partial charge in [-0.05, 0) is 30.3 Å². The molecule has 0 fully saturated rings. The number of hydrogen-bond acceptors (Lipinski definition) is 4. The van der Waals surface area contributed by atoms with Crippen molar-refractivity contribution >= 4 is 34.5 Å². The summed E-state index contributed by atoms with van der Waals surface area (Å²) < 4.78 is 0. The van der Waals surface area contributed by atoms with Gasteiger partial charge < -0.3 is 10.4 Å². The molecule has 0 unspecified atom stereocenters. The van der Waals surface area contributed by atoms with Crippen LogP contribution in [0.25, 0.3) is 0 Å². The van der Waals surface area contributed by atoms with Crippen molar-refractivity contribution in [3.8, 4) is 17.9 Å². The van der Waals surface area contributed by atoms with Gasteiger partial charge in [0, 0.05) is 5.69 Å². The number of thiophene rings is 1. The molecule has 1 aromatic carbocycles. The molecular weight excluding hydrogens is 308 g/mol. The highest BCUT2D eigenvalue weighted by Gasteiger charge is 2.10. The molecule has 6 heteroatoms. The Balaban J connectivity index is 2.13. The molecule has 1 heterocycles. The van der Waals surface area contributed by atoms with Crippen molar-refractivity contribution < 1.29 is 9.90 Å². The molecular formula is C15H9ClN2O2S. The summed E-state index contributed by atoms with van der Waals surface area (Å²) >= 11 is 7.14. The number of rotatable bonds is 2. The molecule has 0 radical (unpaired) electrons. The monoisotopic (exact) mass is 316 g/mol. The Bertz CT molecular complexity index is 781. The van der Waals surface area contributed by atoms with Crippen LogP contribution in [-0.2, 0) is 0 Å². The quantitative estimate of drug-likeness (QED) is 0.837. The van der Waals surface area contributed by atoms with Crippen molar-refractivity contribution in [1.82, 2.24) is 0 Å². The van der Waals surface area contributed by atoms with E-state index in [0.29, 0.717) is 21.0 Å². The van der Waals surface area contributed by atoms with Gasteiger partial charge in [0.05, 0.1) is 20.3 Å². The lowest BCUT2D eigenvalue weighted by molar-refractivity contribution is 0.103. The number of aliphatic hydroxyl groups is 1. The smallest absolute Gasteiger partial charge is 0.265 e. The Labute approximate surface area is 130 Å². The summed E-state index contributed by atoms with van der Waals surface area (Å²) in [5, 5.41) is 20.4. The summed E-state index contributed by atoms with van der Waals surface area (Å²) in [6, 6.07) is 10.0. The van der Waals surface area contributed by atoms with Crippen LogP contribution in [0.4, 0.5) is 5.69 Å². The van der Waals surface area contributed by atoms with E-state index < -0.39 is 0 Å². The largest absolute Gasteiger partial charge is 0.384 e. The zero-order valence-corrected chi connectivity index (χ0v) is 12.3. The summed E-state index contributed by atoms with van der Waals surface area (Å²) in [6.45, 7) is -0.219. The van der Waals surface area contributed by atoms with E-state index in [-0.39, 0.29) is 17.5 Å². The van der Waals surface area contributed by atoms with E-state index in [4.69, 9.17) is 22.0 Å². The van der Waals surface area contributed by atoms with Gasteiger partial charge in [-0.1, -0.05) is 23.4 Å². The van der Waals surface area contributed by atoms with Gasteiger partial charge >= 0.3 is 0 Å². The zero-order valence-electron chi connectivity index (χ0n) is 10.7. The highest BCUT2D eigenvalue weighted by Crippen LogP contribution is 2.22. The number of aliphatic hydroxyl groups excluding tert-OH is 1. The first-order chi connectivity index (χ1) is 10.1. The number of anilines is 1. The molecule has 0 aliphatic carbocycles. The van der Waals surface area contributed by atoms with Crippen molar-refractivity contribution in [3.63, 3.8) is 0 Å². The lowest BCUT2D eigenvalue weighted by Crippen LogP contribution is -2.10. The SMILES string of the molecule is N#Cc1ccc(NC(=O)c2ccc(C#CCO)s2)cc1Cl. The number of nitrogens with zero attached hydrogens (tertiary/aromatic N) is 1. The fourth-order valence-corrected chi connectivity index (χ4v) is 2.53. The van der Waals surface area contributed by atoms with E-state index in [2.05, 4.69) is 17.2 Å².